The van der Waals surface area contributed by atoms with Gasteiger partial charge in [0.25, 0.3) is 0 Å². The third kappa shape index (κ3) is 1.12. The summed E-state index contributed by atoms with van der Waals surface area (Å²) in [6, 6.07) is 1.65. The van der Waals surface area contributed by atoms with Gasteiger partial charge in [-0.05, 0) is 17.6 Å². The van der Waals surface area contributed by atoms with Crippen molar-refractivity contribution < 1.29 is 4.79 Å². The van der Waals surface area contributed by atoms with Crippen molar-refractivity contribution in [3.05, 3.63) is 29.0 Å². The van der Waals surface area contributed by atoms with Gasteiger partial charge in [-0.3, -0.25) is 4.79 Å². The minimum Gasteiger partial charge on any atom is -0.285 e. The molecule has 0 aliphatic carbocycles. The van der Waals surface area contributed by atoms with Gasteiger partial charge < -0.3 is 0 Å². The van der Waals surface area contributed by atoms with Crippen LogP contribution in [0.2, 0.25) is 0 Å². The van der Waals surface area contributed by atoms with E-state index in [1.54, 1.807) is 11.4 Å². The van der Waals surface area contributed by atoms with Crippen molar-refractivity contribution in [1.29, 1.82) is 0 Å². The second-order valence-electron chi connectivity index (χ2n) is 2.07. The SMILES string of the molecule is O=C(c1cn[nH]n1)c1ccsn1. The first-order valence-corrected chi connectivity index (χ1v) is 4.02. The molecule has 1 N–H and O–H groups in total. The smallest absolute Gasteiger partial charge is 0.234 e. The number of nitrogens with zero attached hydrogens (tertiary/aromatic N) is 3. The summed E-state index contributed by atoms with van der Waals surface area (Å²) >= 11 is 1.24. The van der Waals surface area contributed by atoms with E-state index in [0.29, 0.717) is 11.4 Å². The molecule has 0 aromatic carbocycles. The highest BCUT2D eigenvalue weighted by Crippen LogP contribution is 2.05. The Kier molecular flexibility index (Phi) is 1.67. The molecule has 5 nitrogen and oxygen atoms in total. The quantitative estimate of drug-likeness (QED) is 0.683. The second-order valence-corrected chi connectivity index (χ2v) is 2.73. The van der Waals surface area contributed by atoms with Crippen LogP contribution in [0, 0.1) is 0 Å². The molecule has 0 amide bonds. The number of H-pyrrole nitrogens is 1. The lowest BCUT2D eigenvalue weighted by atomic mass is 10.2. The number of ketones is 1. The van der Waals surface area contributed by atoms with Gasteiger partial charge in [-0.1, -0.05) is 0 Å². The zero-order chi connectivity index (χ0) is 8.39. The van der Waals surface area contributed by atoms with Crippen LogP contribution in [0.5, 0.6) is 0 Å². The average molecular weight is 180 g/mol. The molecular formula is C6H4N4OS. The van der Waals surface area contributed by atoms with Crippen molar-refractivity contribution in [3.63, 3.8) is 0 Å². The topological polar surface area (TPSA) is 71.5 Å². The molecule has 12 heavy (non-hydrogen) atoms. The molecule has 6 heteroatoms. The zero-order valence-corrected chi connectivity index (χ0v) is 6.71. The molecular weight excluding hydrogens is 176 g/mol. The fourth-order valence-electron chi connectivity index (χ4n) is 0.772. The number of aromatic nitrogens is 4. The second kappa shape index (κ2) is 2.82. The highest BCUT2D eigenvalue weighted by Gasteiger charge is 2.12. The van der Waals surface area contributed by atoms with Crippen molar-refractivity contribution in [3.8, 4) is 0 Å². The summed E-state index contributed by atoms with van der Waals surface area (Å²) in [6.07, 6.45) is 1.38. The number of carbonyl (C=O) groups excluding carboxylic acids is 1. The molecule has 0 fully saturated rings. The molecule has 0 aliphatic heterocycles. The van der Waals surface area contributed by atoms with E-state index < -0.39 is 0 Å². The Hall–Kier alpha value is -1.56. The lowest BCUT2D eigenvalue weighted by Gasteiger charge is -1.86. The van der Waals surface area contributed by atoms with E-state index in [1.807, 2.05) is 0 Å². The third-order valence-electron chi connectivity index (χ3n) is 1.32. The predicted molar refractivity (Wildman–Crippen MR) is 41.9 cm³/mol. The Morgan fingerprint density at radius 3 is 3.00 bits per heavy atom. The van der Waals surface area contributed by atoms with Crippen LogP contribution in [-0.4, -0.2) is 25.6 Å². The van der Waals surface area contributed by atoms with Crippen molar-refractivity contribution in [1.82, 2.24) is 19.8 Å². The van der Waals surface area contributed by atoms with Gasteiger partial charge in [0.2, 0.25) is 5.78 Å². The number of aromatic amines is 1. The van der Waals surface area contributed by atoms with Crippen molar-refractivity contribution in [2.45, 2.75) is 0 Å². The van der Waals surface area contributed by atoms with E-state index in [9.17, 15) is 4.79 Å². The summed E-state index contributed by atoms with van der Waals surface area (Å²) < 4.78 is 3.88. The van der Waals surface area contributed by atoms with Gasteiger partial charge in [-0.2, -0.15) is 19.8 Å². The Balaban J connectivity index is 2.34. The number of rotatable bonds is 2. The van der Waals surface area contributed by atoms with Crippen LogP contribution in [0.4, 0.5) is 0 Å². The van der Waals surface area contributed by atoms with Crippen LogP contribution in [0.15, 0.2) is 17.6 Å². The first-order valence-electron chi connectivity index (χ1n) is 3.19. The first-order chi connectivity index (χ1) is 5.88. The maximum absolute atomic E-state index is 11.4. The molecule has 0 spiro atoms. The molecule has 0 saturated heterocycles. The Morgan fingerprint density at radius 2 is 2.42 bits per heavy atom. The van der Waals surface area contributed by atoms with Gasteiger partial charge in [0.1, 0.15) is 5.69 Å². The highest BCUT2D eigenvalue weighted by atomic mass is 32.1. The summed E-state index contributed by atoms with van der Waals surface area (Å²) in [4.78, 5) is 11.4. The van der Waals surface area contributed by atoms with E-state index in [4.69, 9.17) is 0 Å². The monoisotopic (exact) mass is 180 g/mol. The molecule has 0 bridgehead atoms. The fourth-order valence-corrected chi connectivity index (χ4v) is 1.28. The fraction of sp³-hybridized carbons (Fsp3) is 0. The molecule has 0 saturated carbocycles. The summed E-state index contributed by atoms with van der Waals surface area (Å²) in [5, 5.41) is 11.3. The first kappa shape index (κ1) is 7.11. The van der Waals surface area contributed by atoms with Crippen molar-refractivity contribution in [2.75, 3.05) is 0 Å². The Bertz CT molecular complexity index is 330. The minimum atomic E-state index is -0.204. The minimum absolute atomic E-state index is 0.204. The van der Waals surface area contributed by atoms with Gasteiger partial charge in [-0.25, -0.2) is 0 Å². The molecule has 2 heterocycles. The largest absolute Gasteiger partial charge is 0.285 e. The van der Waals surface area contributed by atoms with E-state index >= 15 is 0 Å². The zero-order valence-electron chi connectivity index (χ0n) is 5.89. The maximum atomic E-state index is 11.4. The average Bonchev–Trinajstić information content (AvgIpc) is 2.77. The van der Waals surface area contributed by atoms with Crippen LogP contribution in [0.3, 0.4) is 0 Å². The van der Waals surface area contributed by atoms with Crippen LogP contribution in [0.25, 0.3) is 0 Å². The van der Waals surface area contributed by atoms with Crippen molar-refractivity contribution >= 4 is 17.3 Å². The van der Waals surface area contributed by atoms with Gasteiger partial charge >= 0.3 is 0 Å². The molecule has 0 aliphatic rings. The van der Waals surface area contributed by atoms with Crippen LogP contribution >= 0.6 is 11.5 Å². The summed E-state index contributed by atoms with van der Waals surface area (Å²) in [7, 11) is 0. The van der Waals surface area contributed by atoms with Gasteiger partial charge in [0.05, 0.1) is 6.20 Å². The lowest BCUT2D eigenvalue weighted by Crippen LogP contribution is -2.01. The normalized spacial score (nSPS) is 10.0. The predicted octanol–water partition coefficient (Wildman–Crippen LogP) is 0.492. The Labute approximate surface area is 71.6 Å². The van der Waals surface area contributed by atoms with E-state index in [1.165, 1.54) is 17.7 Å². The lowest BCUT2D eigenvalue weighted by molar-refractivity contribution is 0.103. The van der Waals surface area contributed by atoms with Crippen LogP contribution in [-0.2, 0) is 0 Å². The van der Waals surface area contributed by atoms with Gasteiger partial charge in [0, 0.05) is 5.38 Å². The van der Waals surface area contributed by atoms with Gasteiger partial charge in [-0.15, -0.1) is 0 Å². The summed E-state index contributed by atoms with van der Waals surface area (Å²) in [6.45, 7) is 0. The molecule has 2 aromatic heterocycles. The third-order valence-corrected chi connectivity index (χ3v) is 1.88. The maximum Gasteiger partial charge on any atom is 0.234 e. The number of hydrogen-bond acceptors (Lipinski definition) is 5. The Morgan fingerprint density at radius 1 is 1.50 bits per heavy atom. The van der Waals surface area contributed by atoms with E-state index in [0.717, 1.165) is 0 Å². The molecule has 0 unspecified atom stereocenters. The number of nitrogens with one attached hydrogen (secondary N) is 1. The van der Waals surface area contributed by atoms with Crippen molar-refractivity contribution in [2.24, 2.45) is 0 Å². The summed E-state index contributed by atoms with van der Waals surface area (Å²) in [5.74, 6) is -0.204. The summed E-state index contributed by atoms with van der Waals surface area (Å²) in [5.41, 5.74) is 0.704. The molecule has 0 atom stereocenters. The molecule has 0 radical (unpaired) electrons. The standard InChI is InChI=1S/C6H4N4OS/c11-6(4-1-2-12-9-4)5-3-7-10-8-5/h1-3H,(H,7,8,10). The highest BCUT2D eigenvalue weighted by molar-refractivity contribution is 7.03. The van der Waals surface area contributed by atoms with E-state index in [-0.39, 0.29) is 5.78 Å². The van der Waals surface area contributed by atoms with E-state index in [2.05, 4.69) is 19.8 Å². The number of hydrogen-bond donors (Lipinski definition) is 1. The van der Waals surface area contributed by atoms with Crippen LogP contribution in [0.1, 0.15) is 16.2 Å². The number of carbonyl (C=O) groups is 1. The molecule has 2 rings (SSSR count). The van der Waals surface area contributed by atoms with Gasteiger partial charge in [0.15, 0.2) is 5.69 Å². The molecule has 2 aromatic rings. The molecule has 60 valence electrons. The van der Waals surface area contributed by atoms with Crippen LogP contribution < -0.4 is 0 Å².